The monoisotopic (exact) mass is 284 g/mol. The van der Waals surface area contributed by atoms with Crippen LogP contribution in [-0.4, -0.2) is 11.8 Å². The first-order chi connectivity index (χ1) is 10.2. The Balaban J connectivity index is 1.67. The van der Waals surface area contributed by atoms with Crippen molar-refractivity contribution in [3.63, 3.8) is 0 Å². The van der Waals surface area contributed by atoms with Crippen LogP contribution in [0.2, 0.25) is 0 Å². The summed E-state index contributed by atoms with van der Waals surface area (Å²) in [6.07, 6.45) is 7.26. The van der Waals surface area contributed by atoms with Gasteiger partial charge in [0.2, 0.25) is 11.8 Å². The molecule has 1 aromatic carbocycles. The average Bonchev–Trinajstić information content (AvgIpc) is 3.31. The van der Waals surface area contributed by atoms with E-state index in [0.717, 1.165) is 55.5 Å². The van der Waals surface area contributed by atoms with Crippen molar-refractivity contribution < 1.29 is 9.59 Å². The fourth-order valence-electron chi connectivity index (χ4n) is 3.73. The highest BCUT2D eigenvalue weighted by atomic mass is 16.2. The predicted molar refractivity (Wildman–Crippen MR) is 81.2 cm³/mol. The van der Waals surface area contributed by atoms with E-state index in [1.807, 2.05) is 18.2 Å². The van der Waals surface area contributed by atoms with E-state index < -0.39 is 0 Å². The first-order valence-electron chi connectivity index (χ1n) is 7.96. The van der Waals surface area contributed by atoms with Crippen molar-refractivity contribution in [1.29, 1.82) is 0 Å². The highest BCUT2D eigenvalue weighted by Gasteiger charge is 2.47. The van der Waals surface area contributed by atoms with Crippen molar-refractivity contribution in [3.05, 3.63) is 23.8 Å². The molecule has 2 saturated carbocycles. The standard InChI is InChI=1S/C17H20N2O2/c20-15(11-4-5-11)18-12-6-7-14-13(10-12)17(16(21)19-14)8-2-1-3-9-17/h6-7,10-11H,1-5,8-9H2,(H,18,20)(H,19,21). The van der Waals surface area contributed by atoms with Gasteiger partial charge in [0.1, 0.15) is 0 Å². The fraction of sp³-hybridized carbons (Fsp3) is 0.529. The zero-order valence-electron chi connectivity index (χ0n) is 12.1. The molecule has 4 nitrogen and oxygen atoms in total. The molecule has 2 amide bonds. The van der Waals surface area contributed by atoms with Gasteiger partial charge in [-0.1, -0.05) is 19.3 Å². The Hall–Kier alpha value is -1.84. The third-order valence-corrected chi connectivity index (χ3v) is 5.14. The van der Waals surface area contributed by atoms with Crippen molar-refractivity contribution in [2.45, 2.75) is 50.4 Å². The smallest absolute Gasteiger partial charge is 0.235 e. The van der Waals surface area contributed by atoms with Gasteiger partial charge in [0.25, 0.3) is 0 Å². The molecule has 2 N–H and O–H groups in total. The lowest BCUT2D eigenvalue weighted by Gasteiger charge is -2.31. The summed E-state index contributed by atoms with van der Waals surface area (Å²) in [6.45, 7) is 0. The van der Waals surface area contributed by atoms with Gasteiger partial charge in [-0.25, -0.2) is 0 Å². The molecule has 21 heavy (non-hydrogen) atoms. The summed E-state index contributed by atoms with van der Waals surface area (Å²) in [6, 6.07) is 5.83. The molecule has 4 heteroatoms. The minimum Gasteiger partial charge on any atom is -0.326 e. The van der Waals surface area contributed by atoms with Crippen LogP contribution in [0.15, 0.2) is 18.2 Å². The summed E-state index contributed by atoms with van der Waals surface area (Å²) in [5, 5.41) is 6.01. The van der Waals surface area contributed by atoms with Gasteiger partial charge in [0, 0.05) is 17.3 Å². The number of fused-ring (bicyclic) bond motifs is 2. The van der Waals surface area contributed by atoms with E-state index in [4.69, 9.17) is 0 Å². The Morgan fingerprint density at radius 2 is 1.95 bits per heavy atom. The SMILES string of the molecule is O=C(Nc1ccc2c(c1)C1(CCCCC1)C(=O)N2)C1CC1. The highest BCUT2D eigenvalue weighted by Crippen LogP contribution is 2.48. The number of anilines is 2. The molecule has 1 heterocycles. The van der Waals surface area contributed by atoms with Crippen molar-refractivity contribution in [3.8, 4) is 0 Å². The summed E-state index contributed by atoms with van der Waals surface area (Å²) in [5.74, 6) is 0.453. The Kier molecular flexibility index (Phi) is 2.81. The van der Waals surface area contributed by atoms with Gasteiger partial charge in [-0.15, -0.1) is 0 Å². The molecule has 0 radical (unpaired) electrons. The molecule has 0 unspecified atom stereocenters. The molecule has 4 rings (SSSR count). The van der Waals surface area contributed by atoms with Gasteiger partial charge in [0.15, 0.2) is 0 Å². The second kappa shape index (κ2) is 4.58. The maximum atomic E-state index is 12.5. The van der Waals surface area contributed by atoms with Gasteiger partial charge in [-0.05, 0) is 49.4 Å². The van der Waals surface area contributed by atoms with E-state index in [2.05, 4.69) is 10.6 Å². The van der Waals surface area contributed by atoms with Crippen molar-refractivity contribution in [1.82, 2.24) is 0 Å². The van der Waals surface area contributed by atoms with Crippen molar-refractivity contribution >= 4 is 23.2 Å². The highest BCUT2D eigenvalue weighted by molar-refractivity contribution is 6.07. The predicted octanol–water partition coefficient (Wildman–Crippen LogP) is 3.19. The average molecular weight is 284 g/mol. The summed E-state index contributed by atoms with van der Waals surface area (Å²) in [5.41, 5.74) is 2.48. The van der Waals surface area contributed by atoms with Gasteiger partial charge in [0.05, 0.1) is 5.41 Å². The number of carbonyl (C=O) groups excluding carboxylic acids is 2. The minimum atomic E-state index is -0.353. The summed E-state index contributed by atoms with van der Waals surface area (Å²) in [7, 11) is 0. The maximum absolute atomic E-state index is 12.5. The third kappa shape index (κ3) is 2.04. The second-order valence-electron chi connectivity index (χ2n) is 6.62. The Morgan fingerprint density at radius 3 is 2.67 bits per heavy atom. The van der Waals surface area contributed by atoms with E-state index in [1.54, 1.807) is 0 Å². The molecule has 0 aromatic heterocycles. The molecule has 1 spiro atoms. The van der Waals surface area contributed by atoms with Gasteiger partial charge in [-0.3, -0.25) is 9.59 Å². The quantitative estimate of drug-likeness (QED) is 0.876. The Bertz CT molecular complexity index is 613. The molecule has 0 atom stereocenters. The van der Waals surface area contributed by atoms with Crippen LogP contribution in [-0.2, 0) is 15.0 Å². The van der Waals surface area contributed by atoms with Crippen LogP contribution in [0.4, 0.5) is 11.4 Å². The molecule has 3 aliphatic rings. The Labute approximate surface area is 124 Å². The molecule has 0 bridgehead atoms. The van der Waals surface area contributed by atoms with Crippen LogP contribution in [0, 0.1) is 5.92 Å². The second-order valence-corrected chi connectivity index (χ2v) is 6.62. The minimum absolute atomic E-state index is 0.116. The molecular weight excluding hydrogens is 264 g/mol. The summed E-state index contributed by atoms with van der Waals surface area (Å²) < 4.78 is 0. The first kappa shape index (κ1) is 12.9. The lowest BCUT2D eigenvalue weighted by molar-refractivity contribution is -0.122. The molecule has 1 aromatic rings. The normalized spacial score (nSPS) is 22.8. The molecule has 1 aliphatic heterocycles. The number of hydrogen-bond acceptors (Lipinski definition) is 2. The molecule has 110 valence electrons. The van der Waals surface area contributed by atoms with Gasteiger partial charge < -0.3 is 10.6 Å². The number of hydrogen-bond donors (Lipinski definition) is 2. The largest absolute Gasteiger partial charge is 0.326 e. The van der Waals surface area contributed by atoms with E-state index in [1.165, 1.54) is 6.42 Å². The van der Waals surface area contributed by atoms with Crippen LogP contribution in [0.3, 0.4) is 0 Å². The van der Waals surface area contributed by atoms with E-state index in [9.17, 15) is 9.59 Å². The lowest BCUT2D eigenvalue weighted by Crippen LogP contribution is -2.36. The van der Waals surface area contributed by atoms with Crippen LogP contribution in [0.25, 0.3) is 0 Å². The fourth-order valence-corrected chi connectivity index (χ4v) is 3.73. The van der Waals surface area contributed by atoms with Gasteiger partial charge in [-0.2, -0.15) is 0 Å². The molecule has 2 fully saturated rings. The topological polar surface area (TPSA) is 58.2 Å². The van der Waals surface area contributed by atoms with Crippen LogP contribution in [0.5, 0.6) is 0 Å². The van der Waals surface area contributed by atoms with Crippen molar-refractivity contribution in [2.75, 3.05) is 10.6 Å². The van der Waals surface area contributed by atoms with E-state index >= 15 is 0 Å². The summed E-state index contributed by atoms with van der Waals surface area (Å²) >= 11 is 0. The van der Waals surface area contributed by atoms with Crippen molar-refractivity contribution in [2.24, 2.45) is 5.92 Å². The summed E-state index contributed by atoms with van der Waals surface area (Å²) in [4.78, 5) is 24.4. The number of rotatable bonds is 2. The zero-order valence-corrected chi connectivity index (χ0v) is 12.1. The molecular formula is C17H20N2O2. The third-order valence-electron chi connectivity index (χ3n) is 5.14. The van der Waals surface area contributed by atoms with E-state index in [0.29, 0.717) is 0 Å². The van der Waals surface area contributed by atoms with Crippen LogP contribution in [0.1, 0.15) is 50.5 Å². The Morgan fingerprint density at radius 1 is 1.19 bits per heavy atom. The molecule has 0 saturated heterocycles. The number of nitrogens with one attached hydrogen (secondary N) is 2. The first-order valence-corrected chi connectivity index (χ1v) is 7.96. The number of carbonyl (C=O) groups is 2. The maximum Gasteiger partial charge on any atom is 0.235 e. The zero-order chi connectivity index (χ0) is 14.4. The number of benzene rings is 1. The van der Waals surface area contributed by atoms with Gasteiger partial charge >= 0.3 is 0 Å². The molecule has 2 aliphatic carbocycles. The van der Waals surface area contributed by atoms with Crippen LogP contribution < -0.4 is 10.6 Å². The lowest BCUT2D eigenvalue weighted by atomic mass is 9.70. The number of amides is 2. The van der Waals surface area contributed by atoms with Crippen LogP contribution >= 0.6 is 0 Å². The van der Waals surface area contributed by atoms with E-state index in [-0.39, 0.29) is 23.1 Å².